The van der Waals surface area contributed by atoms with Gasteiger partial charge in [0.2, 0.25) is 0 Å². The first-order chi connectivity index (χ1) is 8.69. The van der Waals surface area contributed by atoms with Crippen LogP contribution in [0.3, 0.4) is 0 Å². The number of ether oxygens (including phenoxy) is 1. The maximum Gasteiger partial charge on any atom is 0.142 e. The van der Waals surface area contributed by atoms with E-state index >= 15 is 0 Å². The predicted octanol–water partition coefficient (Wildman–Crippen LogP) is 3.28. The molecule has 1 aliphatic rings. The third-order valence-corrected chi connectivity index (χ3v) is 3.87. The van der Waals surface area contributed by atoms with E-state index in [1.54, 1.807) is 7.11 Å². The highest BCUT2D eigenvalue weighted by molar-refractivity contribution is 6.30. The van der Waals surface area contributed by atoms with Gasteiger partial charge in [-0.25, -0.2) is 0 Å². The minimum absolute atomic E-state index is 0.405. The molecule has 0 heterocycles. The van der Waals surface area contributed by atoms with Crippen molar-refractivity contribution >= 4 is 17.3 Å². The summed E-state index contributed by atoms with van der Waals surface area (Å²) in [6.07, 6.45) is 4.69. The highest BCUT2D eigenvalue weighted by Crippen LogP contribution is 2.29. The van der Waals surface area contributed by atoms with Crippen LogP contribution in [-0.4, -0.2) is 19.7 Å². The van der Waals surface area contributed by atoms with Gasteiger partial charge < -0.3 is 15.8 Å². The Morgan fingerprint density at radius 1 is 1.33 bits per heavy atom. The van der Waals surface area contributed by atoms with Crippen LogP contribution in [0.1, 0.15) is 25.7 Å². The lowest BCUT2D eigenvalue weighted by Gasteiger charge is -2.26. The highest BCUT2D eigenvalue weighted by Gasteiger charge is 2.18. The standard InChI is InChI=1S/C14H21ClN2O/c1-18-14-7-4-11(15)8-13(14)17-9-10-2-5-12(16)6-3-10/h4,7-8,10,12,17H,2-3,5-6,9,16H2,1H3. The molecule has 1 aliphatic carbocycles. The van der Waals surface area contributed by atoms with Crippen LogP contribution < -0.4 is 15.8 Å². The number of nitrogens with one attached hydrogen (secondary N) is 1. The fourth-order valence-electron chi connectivity index (χ4n) is 2.47. The van der Waals surface area contributed by atoms with Gasteiger partial charge in [0.1, 0.15) is 5.75 Å². The first-order valence-corrected chi connectivity index (χ1v) is 6.90. The van der Waals surface area contributed by atoms with Crippen LogP contribution in [0.25, 0.3) is 0 Å². The second-order valence-corrected chi connectivity index (χ2v) is 5.44. The summed E-state index contributed by atoms with van der Waals surface area (Å²) >= 11 is 6.00. The molecule has 100 valence electrons. The van der Waals surface area contributed by atoms with Crippen molar-refractivity contribution in [2.75, 3.05) is 19.0 Å². The second kappa shape index (κ2) is 6.30. The van der Waals surface area contributed by atoms with Gasteiger partial charge in [0.25, 0.3) is 0 Å². The number of halogens is 1. The van der Waals surface area contributed by atoms with Gasteiger partial charge in [-0.3, -0.25) is 0 Å². The van der Waals surface area contributed by atoms with E-state index in [-0.39, 0.29) is 0 Å². The number of methoxy groups -OCH3 is 1. The molecular weight excluding hydrogens is 248 g/mol. The summed E-state index contributed by atoms with van der Waals surface area (Å²) in [5, 5.41) is 4.17. The van der Waals surface area contributed by atoms with E-state index in [1.165, 1.54) is 12.8 Å². The quantitative estimate of drug-likeness (QED) is 0.881. The summed E-state index contributed by atoms with van der Waals surface area (Å²) < 4.78 is 5.32. The molecule has 2 rings (SSSR count). The molecule has 0 aromatic heterocycles. The third-order valence-electron chi connectivity index (χ3n) is 3.63. The predicted molar refractivity (Wildman–Crippen MR) is 76.4 cm³/mol. The maximum atomic E-state index is 6.00. The Balaban J connectivity index is 1.91. The minimum atomic E-state index is 0.405. The lowest BCUT2D eigenvalue weighted by atomic mass is 9.86. The Morgan fingerprint density at radius 2 is 2.06 bits per heavy atom. The van der Waals surface area contributed by atoms with Crippen molar-refractivity contribution in [3.05, 3.63) is 23.2 Å². The van der Waals surface area contributed by atoms with E-state index in [2.05, 4.69) is 5.32 Å². The number of benzene rings is 1. The monoisotopic (exact) mass is 268 g/mol. The fourth-order valence-corrected chi connectivity index (χ4v) is 2.64. The summed E-state index contributed by atoms with van der Waals surface area (Å²) in [7, 11) is 1.67. The molecule has 1 saturated carbocycles. The molecule has 3 nitrogen and oxygen atoms in total. The van der Waals surface area contributed by atoms with Crippen molar-refractivity contribution < 1.29 is 4.74 Å². The van der Waals surface area contributed by atoms with Crippen LogP contribution >= 0.6 is 11.6 Å². The zero-order valence-corrected chi connectivity index (χ0v) is 11.5. The van der Waals surface area contributed by atoms with Gasteiger partial charge in [-0.15, -0.1) is 0 Å². The van der Waals surface area contributed by atoms with E-state index < -0.39 is 0 Å². The molecule has 0 saturated heterocycles. The van der Waals surface area contributed by atoms with Crippen molar-refractivity contribution in [3.63, 3.8) is 0 Å². The summed E-state index contributed by atoms with van der Waals surface area (Å²) in [4.78, 5) is 0. The first-order valence-electron chi connectivity index (χ1n) is 6.52. The van der Waals surface area contributed by atoms with E-state index in [1.807, 2.05) is 18.2 Å². The highest BCUT2D eigenvalue weighted by atomic mass is 35.5. The van der Waals surface area contributed by atoms with Gasteiger partial charge in [-0.05, 0) is 49.8 Å². The summed E-state index contributed by atoms with van der Waals surface area (Å²) in [5.74, 6) is 1.54. The molecule has 0 aliphatic heterocycles. The Hall–Kier alpha value is -0.930. The smallest absolute Gasteiger partial charge is 0.142 e. The molecule has 18 heavy (non-hydrogen) atoms. The van der Waals surface area contributed by atoms with Gasteiger partial charge in [0.15, 0.2) is 0 Å². The number of hydrogen-bond donors (Lipinski definition) is 2. The van der Waals surface area contributed by atoms with E-state index in [0.717, 1.165) is 35.8 Å². The second-order valence-electron chi connectivity index (χ2n) is 5.01. The number of anilines is 1. The lowest BCUT2D eigenvalue weighted by Crippen LogP contribution is -2.29. The summed E-state index contributed by atoms with van der Waals surface area (Å²) in [6, 6.07) is 6.05. The van der Waals surface area contributed by atoms with Gasteiger partial charge in [-0.2, -0.15) is 0 Å². The SMILES string of the molecule is COc1ccc(Cl)cc1NCC1CCC(N)CC1. The fraction of sp³-hybridized carbons (Fsp3) is 0.571. The molecule has 0 spiro atoms. The largest absolute Gasteiger partial charge is 0.495 e. The molecule has 0 amide bonds. The van der Waals surface area contributed by atoms with Gasteiger partial charge in [-0.1, -0.05) is 11.6 Å². The summed E-state index contributed by atoms with van der Waals surface area (Å²) in [6.45, 7) is 0.962. The molecule has 0 atom stereocenters. The molecule has 0 radical (unpaired) electrons. The Bertz CT molecular complexity index is 389. The third kappa shape index (κ3) is 3.53. The molecule has 4 heteroatoms. The van der Waals surface area contributed by atoms with Gasteiger partial charge >= 0.3 is 0 Å². The zero-order valence-electron chi connectivity index (χ0n) is 10.8. The van der Waals surface area contributed by atoms with E-state index in [4.69, 9.17) is 22.1 Å². The number of hydrogen-bond acceptors (Lipinski definition) is 3. The normalized spacial score (nSPS) is 23.7. The van der Waals surface area contributed by atoms with Crippen LogP contribution in [0.4, 0.5) is 5.69 Å². The first kappa shape index (κ1) is 13.5. The van der Waals surface area contributed by atoms with Crippen molar-refractivity contribution in [2.24, 2.45) is 11.7 Å². The lowest BCUT2D eigenvalue weighted by molar-refractivity contribution is 0.338. The van der Waals surface area contributed by atoms with E-state index in [9.17, 15) is 0 Å². The summed E-state index contributed by atoms with van der Waals surface area (Å²) in [5.41, 5.74) is 6.88. The van der Waals surface area contributed by atoms with Crippen LogP contribution in [-0.2, 0) is 0 Å². The maximum absolute atomic E-state index is 6.00. The van der Waals surface area contributed by atoms with Crippen LogP contribution in [0.5, 0.6) is 5.75 Å². The Morgan fingerprint density at radius 3 is 2.72 bits per heavy atom. The van der Waals surface area contributed by atoms with E-state index in [0.29, 0.717) is 12.0 Å². The molecule has 1 fully saturated rings. The molecule has 0 unspecified atom stereocenters. The zero-order chi connectivity index (χ0) is 13.0. The number of nitrogens with two attached hydrogens (primary N) is 1. The van der Waals surface area contributed by atoms with Crippen LogP contribution in [0.15, 0.2) is 18.2 Å². The molecule has 1 aromatic carbocycles. The van der Waals surface area contributed by atoms with Gasteiger partial charge in [0, 0.05) is 17.6 Å². The van der Waals surface area contributed by atoms with Crippen molar-refractivity contribution in [2.45, 2.75) is 31.7 Å². The van der Waals surface area contributed by atoms with Crippen LogP contribution in [0.2, 0.25) is 5.02 Å². The van der Waals surface area contributed by atoms with Gasteiger partial charge in [0.05, 0.1) is 12.8 Å². The van der Waals surface area contributed by atoms with Crippen molar-refractivity contribution in [1.29, 1.82) is 0 Å². The molecular formula is C14H21ClN2O. The van der Waals surface area contributed by atoms with Crippen LogP contribution in [0, 0.1) is 5.92 Å². The average Bonchev–Trinajstić information content (AvgIpc) is 2.38. The van der Waals surface area contributed by atoms with Crippen molar-refractivity contribution in [3.8, 4) is 5.75 Å². The Kier molecular flexibility index (Phi) is 4.72. The molecule has 1 aromatic rings. The van der Waals surface area contributed by atoms with Crippen molar-refractivity contribution in [1.82, 2.24) is 0 Å². The molecule has 3 N–H and O–H groups in total. The Labute approximate surface area is 114 Å². The minimum Gasteiger partial charge on any atom is -0.495 e. The topological polar surface area (TPSA) is 47.3 Å². The average molecular weight is 269 g/mol. The number of rotatable bonds is 4. The molecule has 0 bridgehead atoms.